The lowest BCUT2D eigenvalue weighted by Gasteiger charge is -2.35. The molecule has 1 aromatic rings. The molecule has 3 heteroatoms. The van der Waals surface area contributed by atoms with Crippen molar-refractivity contribution in [1.29, 1.82) is 0 Å². The number of anilines is 1. The van der Waals surface area contributed by atoms with Crippen LogP contribution in [0.2, 0.25) is 0 Å². The summed E-state index contributed by atoms with van der Waals surface area (Å²) in [5.74, 6) is 0. The van der Waals surface area contributed by atoms with Crippen LogP contribution in [-0.4, -0.2) is 43.8 Å². The first kappa shape index (κ1) is 17.0. The van der Waals surface area contributed by atoms with Gasteiger partial charge in [-0.25, -0.2) is 0 Å². The van der Waals surface area contributed by atoms with Crippen molar-refractivity contribution in [3.05, 3.63) is 30.3 Å². The van der Waals surface area contributed by atoms with Gasteiger partial charge in [-0.2, -0.15) is 0 Å². The van der Waals surface area contributed by atoms with Gasteiger partial charge in [0, 0.05) is 38.0 Å². The van der Waals surface area contributed by atoms with Crippen LogP contribution in [0.15, 0.2) is 30.3 Å². The quantitative estimate of drug-likeness (QED) is 0.707. The number of para-hydroxylation sites is 1. The van der Waals surface area contributed by atoms with Crippen LogP contribution < -0.4 is 5.32 Å². The lowest BCUT2D eigenvalue weighted by molar-refractivity contribution is 0.0897. The molecule has 1 aromatic carbocycles. The topological polar surface area (TPSA) is 24.5 Å². The van der Waals surface area contributed by atoms with E-state index in [1.807, 2.05) is 6.07 Å². The zero-order valence-electron chi connectivity index (χ0n) is 13.4. The first-order valence-electron chi connectivity index (χ1n) is 7.76. The molecule has 1 unspecified atom stereocenters. The maximum Gasteiger partial charge on any atom is 0.0589 e. The van der Waals surface area contributed by atoms with Crippen molar-refractivity contribution in [1.82, 2.24) is 4.90 Å². The Balaban J connectivity index is 2.55. The molecule has 0 aliphatic rings. The highest BCUT2D eigenvalue weighted by Crippen LogP contribution is 2.14. The second-order valence-electron chi connectivity index (χ2n) is 5.30. The molecule has 0 fully saturated rings. The third-order valence-electron chi connectivity index (χ3n) is 3.91. The van der Waals surface area contributed by atoms with Gasteiger partial charge in [0.1, 0.15) is 0 Å². The van der Waals surface area contributed by atoms with Crippen molar-refractivity contribution in [3.8, 4) is 0 Å². The molecule has 0 bridgehead atoms. The molecule has 0 saturated carbocycles. The fourth-order valence-electron chi connectivity index (χ4n) is 2.66. The lowest BCUT2D eigenvalue weighted by Crippen LogP contribution is -2.46. The molecule has 0 aromatic heterocycles. The number of methoxy groups -OCH3 is 1. The van der Waals surface area contributed by atoms with E-state index >= 15 is 0 Å². The largest absolute Gasteiger partial charge is 0.383 e. The summed E-state index contributed by atoms with van der Waals surface area (Å²) in [6.07, 6.45) is 2.38. The van der Waals surface area contributed by atoms with Crippen LogP contribution in [0.3, 0.4) is 0 Å². The number of nitrogens with zero attached hydrogens (tertiary/aromatic N) is 1. The van der Waals surface area contributed by atoms with Crippen molar-refractivity contribution in [2.24, 2.45) is 0 Å². The molecule has 1 atom stereocenters. The summed E-state index contributed by atoms with van der Waals surface area (Å²) in [7, 11) is 1.78. The number of rotatable bonds is 10. The van der Waals surface area contributed by atoms with E-state index in [9.17, 15) is 0 Å². The van der Waals surface area contributed by atoms with Gasteiger partial charge in [0.2, 0.25) is 0 Å². The average Bonchev–Trinajstić information content (AvgIpc) is 2.50. The molecule has 0 aliphatic heterocycles. The molecule has 1 rings (SSSR count). The predicted molar refractivity (Wildman–Crippen MR) is 87.3 cm³/mol. The minimum absolute atomic E-state index is 0.496. The Morgan fingerprint density at radius 1 is 1.15 bits per heavy atom. The van der Waals surface area contributed by atoms with Gasteiger partial charge in [0.15, 0.2) is 0 Å². The summed E-state index contributed by atoms with van der Waals surface area (Å²) in [4.78, 5) is 2.57. The smallest absolute Gasteiger partial charge is 0.0589 e. The van der Waals surface area contributed by atoms with Crippen LogP contribution >= 0.6 is 0 Å². The Morgan fingerprint density at radius 2 is 1.80 bits per heavy atom. The zero-order chi connectivity index (χ0) is 14.8. The maximum absolute atomic E-state index is 5.26. The number of nitrogens with one attached hydrogen (secondary N) is 1. The fourth-order valence-corrected chi connectivity index (χ4v) is 2.66. The zero-order valence-corrected chi connectivity index (χ0v) is 13.4. The van der Waals surface area contributed by atoms with E-state index in [4.69, 9.17) is 4.74 Å². The first-order chi connectivity index (χ1) is 9.72. The predicted octanol–water partition coefficient (Wildman–Crippen LogP) is 3.62. The van der Waals surface area contributed by atoms with E-state index < -0.39 is 0 Å². The molecule has 0 spiro atoms. The standard InChI is InChI=1S/C17H30N2O/c1-5-17(6-2)19(12-13-20-4)15(3)14-18-16-10-8-7-9-11-16/h7-11,15,17-18H,5-6,12-14H2,1-4H3. The molecule has 20 heavy (non-hydrogen) atoms. The van der Waals surface area contributed by atoms with Gasteiger partial charge >= 0.3 is 0 Å². The minimum Gasteiger partial charge on any atom is -0.383 e. The highest BCUT2D eigenvalue weighted by Gasteiger charge is 2.20. The van der Waals surface area contributed by atoms with Gasteiger partial charge in [-0.3, -0.25) is 4.90 Å². The monoisotopic (exact) mass is 278 g/mol. The fraction of sp³-hybridized carbons (Fsp3) is 0.647. The van der Waals surface area contributed by atoms with E-state index in [2.05, 4.69) is 55.3 Å². The Kier molecular flexibility index (Phi) is 8.31. The van der Waals surface area contributed by atoms with Crippen molar-refractivity contribution in [2.75, 3.05) is 32.1 Å². The van der Waals surface area contributed by atoms with Crippen LogP contribution in [0.1, 0.15) is 33.6 Å². The van der Waals surface area contributed by atoms with Gasteiger partial charge in [-0.05, 0) is 31.9 Å². The maximum atomic E-state index is 5.26. The molecule has 3 nitrogen and oxygen atoms in total. The molecule has 0 heterocycles. The molecule has 1 N–H and O–H groups in total. The van der Waals surface area contributed by atoms with Crippen LogP contribution in [-0.2, 0) is 4.74 Å². The Hall–Kier alpha value is -1.06. The summed E-state index contributed by atoms with van der Waals surface area (Å²) in [5, 5.41) is 3.52. The molecule has 0 aliphatic carbocycles. The third-order valence-corrected chi connectivity index (χ3v) is 3.91. The van der Waals surface area contributed by atoms with E-state index in [0.29, 0.717) is 12.1 Å². The number of hydrogen-bond acceptors (Lipinski definition) is 3. The van der Waals surface area contributed by atoms with Gasteiger partial charge in [0.05, 0.1) is 6.61 Å². The van der Waals surface area contributed by atoms with Gasteiger partial charge < -0.3 is 10.1 Å². The average molecular weight is 278 g/mol. The van der Waals surface area contributed by atoms with Crippen molar-refractivity contribution in [2.45, 2.75) is 45.7 Å². The normalized spacial score (nSPS) is 12.9. The molecular weight excluding hydrogens is 248 g/mol. The first-order valence-corrected chi connectivity index (χ1v) is 7.76. The third kappa shape index (κ3) is 5.51. The van der Waals surface area contributed by atoms with Crippen molar-refractivity contribution >= 4 is 5.69 Å². The minimum atomic E-state index is 0.496. The SMILES string of the molecule is CCC(CC)N(CCOC)C(C)CNc1ccccc1. The number of hydrogen-bond donors (Lipinski definition) is 1. The highest BCUT2D eigenvalue weighted by molar-refractivity contribution is 5.42. The van der Waals surface area contributed by atoms with Crippen LogP contribution in [0.25, 0.3) is 0 Å². The summed E-state index contributed by atoms with van der Waals surface area (Å²) < 4.78 is 5.26. The summed E-state index contributed by atoms with van der Waals surface area (Å²) in [6, 6.07) is 11.5. The molecule has 0 saturated heterocycles. The second kappa shape index (κ2) is 9.78. The van der Waals surface area contributed by atoms with Gasteiger partial charge in [0.25, 0.3) is 0 Å². The van der Waals surface area contributed by atoms with Crippen molar-refractivity contribution in [3.63, 3.8) is 0 Å². The van der Waals surface area contributed by atoms with E-state index in [-0.39, 0.29) is 0 Å². The van der Waals surface area contributed by atoms with Crippen molar-refractivity contribution < 1.29 is 4.74 Å². The van der Waals surface area contributed by atoms with Crippen LogP contribution in [0.4, 0.5) is 5.69 Å². The second-order valence-corrected chi connectivity index (χ2v) is 5.30. The van der Waals surface area contributed by atoms with Gasteiger partial charge in [-0.15, -0.1) is 0 Å². The lowest BCUT2D eigenvalue weighted by atomic mass is 10.1. The van der Waals surface area contributed by atoms with E-state index in [1.165, 1.54) is 18.5 Å². The molecule has 0 radical (unpaired) electrons. The summed E-state index contributed by atoms with van der Waals surface area (Å²) in [6.45, 7) is 9.59. The molecule has 114 valence electrons. The van der Waals surface area contributed by atoms with E-state index in [1.54, 1.807) is 7.11 Å². The molecule has 0 amide bonds. The highest BCUT2D eigenvalue weighted by atomic mass is 16.5. The Bertz CT molecular complexity index is 338. The number of ether oxygens (including phenoxy) is 1. The number of benzene rings is 1. The van der Waals surface area contributed by atoms with E-state index in [0.717, 1.165) is 19.7 Å². The van der Waals surface area contributed by atoms with Gasteiger partial charge in [-0.1, -0.05) is 32.0 Å². The molecular formula is C17H30N2O. The summed E-state index contributed by atoms with van der Waals surface area (Å²) >= 11 is 0. The Labute approximate surface area is 124 Å². The Morgan fingerprint density at radius 3 is 2.35 bits per heavy atom. The van der Waals surface area contributed by atoms with Crippen LogP contribution in [0.5, 0.6) is 0 Å². The van der Waals surface area contributed by atoms with Crippen LogP contribution in [0, 0.1) is 0 Å². The summed E-state index contributed by atoms with van der Waals surface area (Å²) in [5.41, 5.74) is 1.19.